The fraction of sp³-hybridized carbons (Fsp3) is 0. The molecular formula is C9H4Cl2N4O4. The summed E-state index contributed by atoms with van der Waals surface area (Å²) in [5.41, 5.74) is 0. The van der Waals surface area contributed by atoms with E-state index in [0.29, 0.717) is 0 Å². The van der Waals surface area contributed by atoms with Gasteiger partial charge in [0.15, 0.2) is 16.7 Å². The summed E-state index contributed by atoms with van der Waals surface area (Å²) in [7, 11) is 0. The summed E-state index contributed by atoms with van der Waals surface area (Å²) in [5.74, 6) is -1.56. The molecule has 0 fully saturated rings. The summed E-state index contributed by atoms with van der Waals surface area (Å²) in [5, 5.41) is 12.6. The van der Waals surface area contributed by atoms with Gasteiger partial charge in [0.05, 0.1) is 6.07 Å². The van der Waals surface area contributed by atoms with Crippen molar-refractivity contribution in [1.29, 1.82) is 0 Å². The summed E-state index contributed by atoms with van der Waals surface area (Å²) < 4.78 is 4.72. The first-order valence-electron chi connectivity index (χ1n) is 4.70. The van der Waals surface area contributed by atoms with Crippen LogP contribution in [0, 0.1) is 10.1 Å². The average Bonchev–Trinajstić information content (AvgIpc) is 2.84. The highest BCUT2D eigenvalue weighted by Crippen LogP contribution is 2.26. The molecule has 2 rings (SSSR count). The topological polar surface area (TPSA) is 111 Å². The van der Waals surface area contributed by atoms with E-state index in [-0.39, 0.29) is 21.8 Å². The largest absolute Gasteiger partial charge is 0.433 e. The molecule has 0 spiro atoms. The molecule has 0 saturated carbocycles. The van der Waals surface area contributed by atoms with Crippen molar-refractivity contribution in [2.24, 2.45) is 0 Å². The molecule has 0 aliphatic heterocycles. The van der Waals surface area contributed by atoms with Crippen molar-refractivity contribution >= 4 is 40.8 Å². The van der Waals surface area contributed by atoms with Crippen LogP contribution in [0.3, 0.4) is 0 Å². The zero-order valence-electron chi connectivity index (χ0n) is 8.96. The Morgan fingerprint density at radius 2 is 2.11 bits per heavy atom. The van der Waals surface area contributed by atoms with Crippen molar-refractivity contribution in [2.75, 3.05) is 5.32 Å². The van der Waals surface area contributed by atoms with Crippen LogP contribution in [0.2, 0.25) is 10.2 Å². The van der Waals surface area contributed by atoms with Gasteiger partial charge in [-0.05, 0) is 6.07 Å². The van der Waals surface area contributed by atoms with E-state index in [1.54, 1.807) is 0 Å². The maximum atomic E-state index is 11.7. The minimum absolute atomic E-state index is 0.0225. The summed E-state index contributed by atoms with van der Waals surface area (Å²) >= 11 is 11.4. The number of carbonyl (C=O) groups excluding carboxylic acids is 1. The molecule has 0 atom stereocenters. The molecule has 2 heterocycles. The Morgan fingerprint density at radius 1 is 1.37 bits per heavy atom. The highest BCUT2D eigenvalue weighted by molar-refractivity contribution is 6.43. The number of rotatable bonds is 3. The SMILES string of the molecule is O=C(Nc1ncnc(Cl)c1Cl)c1ccc([N+](=O)[O-])o1. The number of amides is 1. The molecule has 19 heavy (non-hydrogen) atoms. The monoisotopic (exact) mass is 302 g/mol. The van der Waals surface area contributed by atoms with E-state index in [0.717, 1.165) is 18.5 Å². The number of hydrogen-bond donors (Lipinski definition) is 1. The van der Waals surface area contributed by atoms with Crippen LogP contribution >= 0.6 is 23.2 Å². The second-order valence-corrected chi connectivity index (χ2v) is 3.91. The molecule has 2 aromatic rings. The van der Waals surface area contributed by atoms with Gasteiger partial charge in [0.2, 0.25) is 0 Å². The van der Waals surface area contributed by atoms with Crippen molar-refractivity contribution in [3.05, 3.63) is 44.5 Å². The maximum Gasteiger partial charge on any atom is 0.433 e. The lowest BCUT2D eigenvalue weighted by Gasteiger charge is -2.04. The second kappa shape index (κ2) is 5.21. The standard InChI is InChI=1S/C9H4Cl2N4O4/c10-6-7(11)12-3-13-8(6)14-9(16)4-1-2-5(19-4)15(17)18/h1-3H,(H,12,13,14,16). The third kappa shape index (κ3) is 2.80. The van der Waals surface area contributed by atoms with E-state index < -0.39 is 16.7 Å². The molecule has 1 amide bonds. The Morgan fingerprint density at radius 3 is 2.74 bits per heavy atom. The molecule has 8 nitrogen and oxygen atoms in total. The second-order valence-electron chi connectivity index (χ2n) is 3.18. The van der Waals surface area contributed by atoms with E-state index in [1.165, 1.54) is 0 Å². The van der Waals surface area contributed by atoms with Crippen LogP contribution in [-0.4, -0.2) is 20.8 Å². The lowest BCUT2D eigenvalue weighted by molar-refractivity contribution is -0.402. The minimum atomic E-state index is -0.759. The highest BCUT2D eigenvalue weighted by atomic mass is 35.5. The number of hydrogen-bond acceptors (Lipinski definition) is 6. The lowest BCUT2D eigenvalue weighted by Crippen LogP contribution is -2.12. The number of nitro groups is 1. The molecule has 0 aromatic carbocycles. The van der Waals surface area contributed by atoms with Crippen molar-refractivity contribution in [3.8, 4) is 0 Å². The number of halogens is 2. The molecule has 2 aromatic heterocycles. The molecule has 0 unspecified atom stereocenters. The van der Waals surface area contributed by atoms with Crippen LogP contribution in [0.1, 0.15) is 10.6 Å². The van der Waals surface area contributed by atoms with Crippen molar-refractivity contribution in [1.82, 2.24) is 9.97 Å². The Kier molecular flexibility index (Phi) is 3.63. The third-order valence-electron chi connectivity index (χ3n) is 1.97. The van der Waals surface area contributed by atoms with E-state index in [2.05, 4.69) is 15.3 Å². The number of anilines is 1. The van der Waals surface area contributed by atoms with Gasteiger partial charge in [-0.1, -0.05) is 23.2 Å². The van der Waals surface area contributed by atoms with Gasteiger partial charge in [-0.2, -0.15) is 0 Å². The predicted octanol–water partition coefficient (Wildman–Crippen LogP) is 2.54. The Balaban J connectivity index is 2.21. The normalized spacial score (nSPS) is 10.2. The number of aromatic nitrogens is 2. The van der Waals surface area contributed by atoms with Gasteiger partial charge in [-0.15, -0.1) is 0 Å². The molecule has 0 bridgehead atoms. The molecule has 98 valence electrons. The van der Waals surface area contributed by atoms with Crippen LogP contribution in [0.5, 0.6) is 0 Å². The minimum Gasteiger partial charge on any atom is -0.395 e. The fourth-order valence-electron chi connectivity index (χ4n) is 1.15. The smallest absolute Gasteiger partial charge is 0.395 e. The number of nitrogens with one attached hydrogen (secondary N) is 1. The zero-order valence-corrected chi connectivity index (χ0v) is 10.5. The molecule has 0 radical (unpaired) electrons. The van der Waals surface area contributed by atoms with Crippen molar-refractivity contribution in [3.63, 3.8) is 0 Å². The van der Waals surface area contributed by atoms with Gasteiger partial charge in [-0.25, -0.2) is 9.97 Å². The van der Waals surface area contributed by atoms with Crippen LogP contribution in [-0.2, 0) is 0 Å². The van der Waals surface area contributed by atoms with Gasteiger partial charge in [0.1, 0.15) is 16.3 Å². The van der Waals surface area contributed by atoms with Crippen LogP contribution in [0.4, 0.5) is 11.7 Å². The molecule has 0 aliphatic carbocycles. The Bertz CT molecular complexity index is 657. The number of nitrogens with zero attached hydrogens (tertiary/aromatic N) is 3. The molecular weight excluding hydrogens is 299 g/mol. The summed E-state index contributed by atoms with van der Waals surface area (Å²) in [6, 6.07) is 2.22. The van der Waals surface area contributed by atoms with Crippen LogP contribution in [0.25, 0.3) is 0 Å². The van der Waals surface area contributed by atoms with Gasteiger partial charge in [0.25, 0.3) is 5.91 Å². The van der Waals surface area contributed by atoms with Crippen molar-refractivity contribution < 1.29 is 14.1 Å². The first kappa shape index (κ1) is 13.2. The Hall–Kier alpha value is -2.19. The molecule has 0 saturated heterocycles. The molecule has 10 heteroatoms. The quantitative estimate of drug-likeness (QED) is 0.530. The summed E-state index contributed by atoms with van der Waals surface area (Å²) in [4.78, 5) is 28.7. The van der Waals surface area contributed by atoms with Crippen LogP contribution in [0.15, 0.2) is 22.9 Å². The van der Waals surface area contributed by atoms with E-state index in [1.807, 2.05) is 0 Å². The summed E-state index contributed by atoms with van der Waals surface area (Å²) in [6.07, 6.45) is 1.11. The van der Waals surface area contributed by atoms with E-state index in [9.17, 15) is 14.9 Å². The summed E-state index contributed by atoms with van der Waals surface area (Å²) in [6.45, 7) is 0. The van der Waals surface area contributed by atoms with E-state index >= 15 is 0 Å². The van der Waals surface area contributed by atoms with Gasteiger partial charge in [-0.3, -0.25) is 14.9 Å². The maximum absolute atomic E-state index is 11.7. The van der Waals surface area contributed by atoms with Gasteiger partial charge in [0, 0.05) is 0 Å². The first-order chi connectivity index (χ1) is 8.99. The molecule has 0 aliphatic rings. The van der Waals surface area contributed by atoms with E-state index in [4.69, 9.17) is 27.6 Å². The average molecular weight is 303 g/mol. The van der Waals surface area contributed by atoms with Crippen molar-refractivity contribution in [2.45, 2.75) is 0 Å². The Labute approximate surface area is 115 Å². The fourth-order valence-corrected chi connectivity index (χ4v) is 1.43. The lowest BCUT2D eigenvalue weighted by atomic mass is 10.4. The van der Waals surface area contributed by atoms with Crippen LogP contribution < -0.4 is 5.32 Å². The number of carbonyl (C=O) groups is 1. The number of furan rings is 1. The molecule has 1 N–H and O–H groups in total. The van der Waals surface area contributed by atoms with Gasteiger partial charge >= 0.3 is 5.88 Å². The predicted molar refractivity (Wildman–Crippen MR) is 65.4 cm³/mol. The highest BCUT2D eigenvalue weighted by Gasteiger charge is 2.19. The first-order valence-corrected chi connectivity index (χ1v) is 5.46. The van der Waals surface area contributed by atoms with Gasteiger partial charge < -0.3 is 9.73 Å². The third-order valence-corrected chi connectivity index (χ3v) is 2.72. The zero-order chi connectivity index (χ0) is 14.0.